The molecule has 2 aromatic rings. The summed E-state index contributed by atoms with van der Waals surface area (Å²) < 4.78 is 0. The van der Waals surface area contributed by atoms with Crippen molar-refractivity contribution in [2.24, 2.45) is 5.73 Å². The van der Waals surface area contributed by atoms with Crippen LogP contribution in [0.25, 0.3) is 10.9 Å². The van der Waals surface area contributed by atoms with Crippen LogP contribution >= 0.6 is 0 Å². The van der Waals surface area contributed by atoms with E-state index in [9.17, 15) is 0 Å². The van der Waals surface area contributed by atoms with Gasteiger partial charge in [0.05, 0.1) is 0 Å². The Morgan fingerprint density at radius 2 is 1.90 bits per heavy atom. The van der Waals surface area contributed by atoms with Gasteiger partial charge in [-0.05, 0) is 55.2 Å². The maximum absolute atomic E-state index is 5.95. The van der Waals surface area contributed by atoms with Crippen molar-refractivity contribution < 1.29 is 0 Å². The van der Waals surface area contributed by atoms with Crippen LogP contribution in [0.4, 0.5) is 5.82 Å². The van der Waals surface area contributed by atoms with Gasteiger partial charge in [0.15, 0.2) is 0 Å². The first-order valence-corrected chi connectivity index (χ1v) is 7.95. The van der Waals surface area contributed by atoms with Crippen LogP contribution < -0.4 is 10.6 Å². The first-order chi connectivity index (χ1) is 9.79. The van der Waals surface area contributed by atoms with Gasteiger partial charge in [-0.25, -0.2) is 0 Å². The van der Waals surface area contributed by atoms with Crippen LogP contribution in [0.3, 0.4) is 0 Å². The maximum Gasteiger partial charge on any atom is 0.110 e. The van der Waals surface area contributed by atoms with Crippen LogP contribution in [0.15, 0.2) is 18.2 Å². The van der Waals surface area contributed by atoms with Gasteiger partial charge in [-0.3, -0.25) is 0 Å². The van der Waals surface area contributed by atoms with Crippen LogP contribution in [0.5, 0.6) is 0 Å². The van der Waals surface area contributed by atoms with Crippen LogP contribution in [0.2, 0.25) is 0 Å². The average molecular weight is 267 g/mol. The minimum Gasteiger partial charge on any atom is -0.358 e. The Balaban J connectivity index is 1.65. The Kier molecular flexibility index (Phi) is 2.12. The minimum atomic E-state index is 0.429. The molecule has 4 heterocycles. The average Bonchev–Trinajstić information content (AvgIpc) is 2.85. The van der Waals surface area contributed by atoms with Crippen LogP contribution in [0.1, 0.15) is 48.6 Å². The molecule has 3 nitrogen and oxygen atoms in total. The number of piperidine rings is 1. The fraction of sp³-hybridized carbons (Fsp3) is 0.529. The molecule has 3 aliphatic heterocycles. The van der Waals surface area contributed by atoms with E-state index in [0.717, 1.165) is 18.8 Å². The van der Waals surface area contributed by atoms with Gasteiger partial charge in [0.1, 0.15) is 5.82 Å². The number of rotatable bonds is 1. The third-order valence-electron chi connectivity index (χ3n) is 5.71. The van der Waals surface area contributed by atoms with Crippen molar-refractivity contribution >= 4 is 16.7 Å². The molecule has 3 N–H and O–H groups in total. The minimum absolute atomic E-state index is 0.429. The largest absolute Gasteiger partial charge is 0.358 e. The fourth-order valence-electron chi connectivity index (χ4n) is 4.46. The van der Waals surface area contributed by atoms with E-state index in [2.05, 4.69) is 28.1 Å². The predicted molar refractivity (Wildman–Crippen MR) is 82.4 cm³/mol. The van der Waals surface area contributed by atoms with Gasteiger partial charge in [-0.15, -0.1) is 0 Å². The number of hydrogen-bond donors (Lipinski definition) is 2. The highest BCUT2D eigenvalue weighted by molar-refractivity contribution is 5.91. The van der Waals surface area contributed by atoms with Crippen LogP contribution in [-0.4, -0.2) is 24.1 Å². The summed E-state index contributed by atoms with van der Waals surface area (Å²) in [5, 5.41) is 1.48. The molecule has 2 bridgehead atoms. The molecule has 20 heavy (non-hydrogen) atoms. The summed E-state index contributed by atoms with van der Waals surface area (Å²) >= 11 is 0. The number of nitrogens with zero attached hydrogens (tertiary/aromatic N) is 1. The van der Waals surface area contributed by atoms with Crippen molar-refractivity contribution in [1.29, 1.82) is 0 Å². The molecule has 2 fully saturated rings. The molecule has 0 radical (unpaired) electrons. The molecule has 3 heteroatoms. The summed E-state index contributed by atoms with van der Waals surface area (Å²) in [6, 6.07) is 7.46. The number of benzene rings is 1. The number of anilines is 1. The summed E-state index contributed by atoms with van der Waals surface area (Å²) in [7, 11) is 0. The summed E-state index contributed by atoms with van der Waals surface area (Å²) in [6.07, 6.45) is 4.98. The molecule has 1 aromatic carbocycles. The molecule has 1 aromatic heterocycles. The second kappa shape index (κ2) is 3.79. The summed E-state index contributed by atoms with van der Waals surface area (Å²) in [6.45, 7) is 2.46. The first-order valence-electron chi connectivity index (χ1n) is 7.95. The highest BCUT2D eigenvalue weighted by atomic mass is 15.2. The van der Waals surface area contributed by atoms with Gasteiger partial charge in [0.2, 0.25) is 0 Å². The van der Waals surface area contributed by atoms with Crippen molar-refractivity contribution in [3.63, 3.8) is 0 Å². The molecule has 0 atom stereocenters. The molecule has 6 rings (SSSR count). The quantitative estimate of drug-likeness (QED) is 0.834. The highest BCUT2D eigenvalue weighted by Gasteiger charge is 2.34. The lowest BCUT2D eigenvalue weighted by molar-refractivity contribution is 0.352. The lowest BCUT2D eigenvalue weighted by atomic mass is 9.75. The fourth-order valence-corrected chi connectivity index (χ4v) is 4.46. The number of hydrogen-bond acceptors (Lipinski definition) is 2. The van der Waals surface area contributed by atoms with Crippen molar-refractivity contribution in [2.75, 3.05) is 18.0 Å². The lowest BCUT2D eigenvalue weighted by Gasteiger charge is -2.40. The first kappa shape index (κ1) is 11.2. The van der Waals surface area contributed by atoms with E-state index in [1.807, 2.05) is 0 Å². The molecule has 4 aliphatic rings. The van der Waals surface area contributed by atoms with Crippen LogP contribution in [-0.2, 0) is 0 Å². The monoisotopic (exact) mass is 267 g/mol. The van der Waals surface area contributed by atoms with Crippen molar-refractivity contribution in [3.8, 4) is 0 Å². The molecule has 0 amide bonds. The van der Waals surface area contributed by atoms with Crippen molar-refractivity contribution in [2.45, 2.75) is 43.6 Å². The van der Waals surface area contributed by atoms with Crippen LogP contribution in [0, 0.1) is 0 Å². The van der Waals surface area contributed by atoms with E-state index in [-0.39, 0.29) is 0 Å². The zero-order chi connectivity index (χ0) is 13.3. The number of nitrogens with one attached hydrogen (secondary N) is 1. The molecule has 1 saturated carbocycles. The number of aromatic nitrogens is 1. The predicted octanol–water partition coefficient (Wildman–Crippen LogP) is 3.07. The third-order valence-corrected chi connectivity index (χ3v) is 5.71. The van der Waals surface area contributed by atoms with Crippen molar-refractivity contribution in [3.05, 3.63) is 29.3 Å². The second-order valence-electron chi connectivity index (χ2n) is 6.88. The number of H-pyrrole nitrogens is 1. The Morgan fingerprint density at radius 1 is 1.10 bits per heavy atom. The molecule has 0 unspecified atom stereocenters. The topological polar surface area (TPSA) is 45.1 Å². The zero-order valence-electron chi connectivity index (χ0n) is 11.7. The molecule has 0 spiro atoms. The SMILES string of the molecule is NC1CC(c2ccc3[nH]c4c(c3c2)C2CCN4CC2)C1. The zero-order valence-corrected chi connectivity index (χ0v) is 11.7. The van der Waals surface area contributed by atoms with Gasteiger partial charge in [-0.2, -0.15) is 0 Å². The molecule has 1 saturated heterocycles. The standard InChI is InChI=1S/C17H21N3/c18-13-7-12(8-13)11-1-2-15-14(9-11)16-10-3-5-20(6-4-10)17(16)19-15/h1-2,9-10,12-13,19H,3-8,18H2. The van der Waals surface area contributed by atoms with E-state index in [1.54, 1.807) is 5.56 Å². The van der Waals surface area contributed by atoms with Gasteiger partial charge < -0.3 is 15.6 Å². The van der Waals surface area contributed by atoms with E-state index >= 15 is 0 Å². The Labute approximate surface area is 119 Å². The lowest BCUT2D eigenvalue weighted by Crippen LogP contribution is -2.38. The summed E-state index contributed by atoms with van der Waals surface area (Å²) in [5.41, 5.74) is 10.4. The maximum atomic E-state index is 5.95. The van der Waals surface area contributed by atoms with E-state index in [1.165, 1.54) is 48.2 Å². The normalized spacial score (nSPS) is 28.8. The molecular formula is C17H21N3. The second-order valence-corrected chi connectivity index (χ2v) is 6.88. The summed E-state index contributed by atoms with van der Waals surface area (Å²) in [4.78, 5) is 6.20. The molecule has 104 valence electrons. The van der Waals surface area contributed by atoms with Gasteiger partial charge in [-0.1, -0.05) is 6.07 Å². The Bertz CT molecular complexity index is 673. The van der Waals surface area contributed by atoms with Gasteiger partial charge in [0.25, 0.3) is 0 Å². The van der Waals surface area contributed by atoms with E-state index in [0.29, 0.717) is 12.0 Å². The number of aromatic amines is 1. The Morgan fingerprint density at radius 3 is 2.65 bits per heavy atom. The summed E-state index contributed by atoms with van der Waals surface area (Å²) in [5.74, 6) is 2.88. The van der Waals surface area contributed by atoms with Crippen molar-refractivity contribution in [1.82, 2.24) is 4.98 Å². The van der Waals surface area contributed by atoms with E-state index < -0.39 is 0 Å². The molecular weight excluding hydrogens is 246 g/mol. The number of nitrogens with two attached hydrogens (primary N) is 1. The van der Waals surface area contributed by atoms with E-state index in [4.69, 9.17) is 5.73 Å². The third kappa shape index (κ3) is 1.39. The Hall–Kier alpha value is -1.48. The van der Waals surface area contributed by atoms with Gasteiger partial charge >= 0.3 is 0 Å². The molecule has 1 aliphatic carbocycles. The van der Waals surface area contributed by atoms with Gasteiger partial charge in [0, 0.05) is 35.6 Å². The smallest absolute Gasteiger partial charge is 0.110 e. The number of fused-ring (bicyclic) bond motifs is 3. The highest BCUT2D eigenvalue weighted by Crippen LogP contribution is 2.47.